The largest absolute Gasteiger partial charge is 0.351 e. The monoisotopic (exact) mass is 356 g/mol. The first kappa shape index (κ1) is 22.4. The van der Waals surface area contributed by atoms with Crippen LogP contribution in [0.2, 0.25) is 0 Å². The van der Waals surface area contributed by atoms with Crippen LogP contribution in [0.5, 0.6) is 0 Å². The van der Waals surface area contributed by atoms with Crippen molar-refractivity contribution in [2.24, 2.45) is 5.73 Å². The molecule has 4 N–H and O–H groups in total. The third kappa shape index (κ3) is 8.29. The maximum atomic E-state index is 12.1. The zero-order valence-electron chi connectivity index (χ0n) is 14.7. The molecule has 0 spiro atoms. The summed E-state index contributed by atoms with van der Waals surface area (Å²) in [6.45, 7) is 3.75. The van der Waals surface area contributed by atoms with E-state index in [2.05, 4.69) is 10.6 Å². The van der Waals surface area contributed by atoms with Gasteiger partial charge in [-0.05, 0) is 38.2 Å². The Bertz CT molecular complexity index is 523. The van der Waals surface area contributed by atoms with Crippen molar-refractivity contribution in [2.75, 3.05) is 27.2 Å². The zero-order valence-corrected chi connectivity index (χ0v) is 15.5. The molecule has 1 unspecified atom stereocenters. The fourth-order valence-corrected chi connectivity index (χ4v) is 2.08. The molecule has 0 aromatic heterocycles. The SMILES string of the molecule is CCCC(N)C(=O)NCc1cccc(C(=O)NCCN(C)C)c1.Cl. The predicted molar refractivity (Wildman–Crippen MR) is 99.3 cm³/mol. The van der Waals surface area contributed by atoms with E-state index in [0.717, 1.165) is 18.5 Å². The number of rotatable bonds is 9. The number of nitrogens with zero attached hydrogens (tertiary/aromatic N) is 1. The molecule has 0 aliphatic carbocycles. The molecule has 6 nitrogen and oxygen atoms in total. The average molecular weight is 357 g/mol. The van der Waals surface area contributed by atoms with E-state index < -0.39 is 6.04 Å². The molecular weight excluding hydrogens is 328 g/mol. The van der Waals surface area contributed by atoms with E-state index in [9.17, 15) is 9.59 Å². The molecule has 0 heterocycles. The fraction of sp³-hybridized carbons (Fsp3) is 0.529. The molecule has 1 aromatic rings. The van der Waals surface area contributed by atoms with Crippen molar-refractivity contribution in [3.05, 3.63) is 35.4 Å². The van der Waals surface area contributed by atoms with E-state index in [0.29, 0.717) is 25.1 Å². The third-order valence-electron chi connectivity index (χ3n) is 3.44. The Labute approximate surface area is 150 Å². The van der Waals surface area contributed by atoms with Crippen LogP contribution in [0.15, 0.2) is 24.3 Å². The molecule has 1 atom stereocenters. The van der Waals surface area contributed by atoms with Gasteiger partial charge in [-0.25, -0.2) is 0 Å². The molecule has 1 aromatic carbocycles. The highest BCUT2D eigenvalue weighted by atomic mass is 35.5. The number of nitrogens with one attached hydrogen (secondary N) is 2. The summed E-state index contributed by atoms with van der Waals surface area (Å²) in [5.74, 6) is -0.268. The molecule has 0 saturated carbocycles. The van der Waals surface area contributed by atoms with Gasteiger partial charge in [0, 0.05) is 25.2 Å². The van der Waals surface area contributed by atoms with Gasteiger partial charge in [-0.3, -0.25) is 9.59 Å². The molecule has 136 valence electrons. The summed E-state index contributed by atoms with van der Waals surface area (Å²) in [5, 5.41) is 5.67. The maximum Gasteiger partial charge on any atom is 0.251 e. The number of nitrogens with two attached hydrogens (primary N) is 1. The number of halogens is 1. The lowest BCUT2D eigenvalue weighted by atomic mass is 10.1. The van der Waals surface area contributed by atoms with E-state index in [1.807, 2.05) is 38.1 Å². The summed E-state index contributed by atoms with van der Waals surface area (Å²) in [7, 11) is 3.91. The van der Waals surface area contributed by atoms with E-state index >= 15 is 0 Å². The quantitative estimate of drug-likeness (QED) is 0.619. The second-order valence-corrected chi connectivity index (χ2v) is 5.87. The normalized spacial score (nSPS) is 11.5. The summed E-state index contributed by atoms with van der Waals surface area (Å²) in [5.41, 5.74) is 7.24. The van der Waals surface area contributed by atoms with Crippen molar-refractivity contribution in [3.63, 3.8) is 0 Å². The Morgan fingerprint density at radius 3 is 2.58 bits per heavy atom. The minimum Gasteiger partial charge on any atom is -0.351 e. The highest BCUT2D eigenvalue weighted by molar-refractivity contribution is 5.94. The van der Waals surface area contributed by atoms with Crippen molar-refractivity contribution in [1.29, 1.82) is 0 Å². The van der Waals surface area contributed by atoms with Crippen molar-refractivity contribution >= 4 is 24.2 Å². The van der Waals surface area contributed by atoms with Crippen LogP contribution in [-0.2, 0) is 11.3 Å². The van der Waals surface area contributed by atoms with Crippen LogP contribution < -0.4 is 16.4 Å². The average Bonchev–Trinajstić information content (AvgIpc) is 2.52. The number of carbonyl (C=O) groups is 2. The Balaban J connectivity index is 0.00000529. The van der Waals surface area contributed by atoms with Gasteiger partial charge >= 0.3 is 0 Å². The molecule has 1 rings (SSSR count). The summed E-state index contributed by atoms with van der Waals surface area (Å²) < 4.78 is 0. The summed E-state index contributed by atoms with van der Waals surface area (Å²) >= 11 is 0. The Morgan fingerprint density at radius 2 is 1.96 bits per heavy atom. The van der Waals surface area contributed by atoms with Gasteiger partial charge < -0.3 is 21.3 Å². The molecule has 0 aliphatic rings. The molecular formula is C17H29ClN4O2. The van der Waals surface area contributed by atoms with Gasteiger partial charge in [0.1, 0.15) is 0 Å². The molecule has 24 heavy (non-hydrogen) atoms. The van der Waals surface area contributed by atoms with Crippen LogP contribution in [0.1, 0.15) is 35.7 Å². The highest BCUT2D eigenvalue weighted by Crippen LogP contribution is 2.05. The Morgan fingerprint density at radius 1 is 1.25 bits per heavy atom. The predicted octanol–water partition coefficient (Wildman–Crippen LogP) is 1.14. The number of hydrogen-bond acceptors (Lipinski definition) is 4. The van der Waals surface area contributed by atoms with Gasteiger partial charge in [0.25, 0.3) is 5.91 Å². The molecule has 0 saturated heterocycles. The van der Waals surface area contributed by atoms with Crippen LogP contribution in [-0.4, -0.2) is 49.9 Å². The molecule has 0 radical (unpaired) electrons. The second-order valence-electron chi connectivity index (χ2n) is 5.87. The second kappa shape index (κ2) is 11.8. The van der Waals surface area contributed by atoms with Gasteiger partial charge in [-0.2, -0.15) is 0 Å². The minimum absolute atomic E-state index is 0. The summed E-state index contributed by atoms with van der Waals surface area (Å²) in [6, 6.07) is 6.77. The van der Waals surface area contributed by atoms with Gasteiger partial charge in [0.05, 0.1) is 6.04 Å². The topological polar surface area (TPSA) is 87.5 Å². The molecule has 0 aliphatic heterocycles. The van der Waals surface area contributed by atoms with Crippen molar-refractivity contribution < 1.29 is 9.59 Å². The van der Waals surface area contributed by atoms with Crippen LogP contribution in [0.25, 0.3) is 0 Å². The third-order valence-corrected chi connectivity index (χ3v) is 3.44. The van der Waals surface area contributed by atoms with Gasteiger partial charge in [0.2, 0.25) is 5.91 Å². The first-order valence-electron chi connectivity index (χ1n) is 7.99. The summed E-state index contributed by atoms with van der Waals surface area (Å²) in [4.78, 5) is 25.9. The maximum absolute atomic E-state index is 12.1. The zero-order chi connectivity index (χ0) is 17.2. The van der Waals surface area contributed by atoms with Crippen LogP contribution in [0.3, 0.4) is 0 Å². The fourth-order valence-electron chi connectivity index (χ4n) is 2.08. The first-order chi connectivity index (χ1) is 10.9. The Kier molecular flexibility index (Phi) is 11.0. The van der Waals surface area contributed by atoms with Crippen LogP contribution in [0, 0.1) is 0 Å². The van der Waals surface area contributed by atoms with Crippen LogP contribution in [0.4, 0.5) is 0 Å². The highest BCUT2D eigenvalue weighted by Gasteiger charge is 2.12. The van der Waals surface area contributed by atoms with Gasteiger partial charge in [0.15, 0.2) is 0 Å². The van der Waals surface area contributed by atoms with Gasteiger partial charge in [-0.15, -0.1) is 12.4 Å². The standard InChI is InChI=1S/C17H28N4O2.ClH/c1-4-6-15(18)17(23)20-12-13-7-5-8-14(11-13)16(22)19-9-10-21(2)3;/h5,7-8,11,15H,4,6,9-10,12,18H2,1-3H3,(H,19,22)(H,20,23);1H. The van der Waals surface area contributed by atoms with Gasteiger partial charge in [-0.1, -0.05) is 25.5 Å². The number of hydrogen-bond donors (Lipinski definition) is 3. The van der Waals surface area contributed by atoms with Crippen LogP contribution >= 0.6 is 12.4 Å². The number of likely N-dealkylation sites (N-methyl/N-ethyl adjacent to an activating group) is 1. The Hall–Kier alpha value is -1.63. The van der Waals surface area contributed by atoms with Crippen molar-refractivity contribution in [1.82, 2.24) is 15.5 Å². The minimum atomic E-state index is -0.475. The lowest BCUT2D eigenvalue weighted by molar-refractivity contribution is -0.122. The van der Waals surface area contributed by atoms with Crippen molar-refractivity contribution in [3.8, 4) is 0 Å². The molecule has 0 fully saturated rings. The number of benzene rings is 1. The lowest BCUT2D eigenvalue weighted by Crippen LogP contribution is -2.40. The van der Waals surface area contributed by atoms with E-state index in [-0.39, 0.29) is 24.2 Å². The van der Waals surface area contributed by atoms with E-state index in [4.69, 9.17) is 5.73 Å². The van der Waals surface area contributed by atoms with Crippen molar-refractivity contribution in [2.45, 2.75) is 32.4 Å². The molecule has 7 heteroatoms. The molecule has 2 amide bonds. The smallest absolute Gasteiger partial charge is 0.251 e. The number of amides is 2. The van der Waals surface area contributed by atoms with E-state index in [1.54, 1.807) is 12.1 Å². The lowest BCUT2D eigenvalue weighted by Gasteiger charge is -2.12. The number of carbonyl (C=O) groups excluding carboxylic acids is 2. The summed E-state index contributed by atoms with van der Waals surface area (Å²) in [6.07, 6.45) is 1.54. The van der Waals surface area contributed by atoms with E-state index in [1.165, 1.54) is 0 Å². The first-order valence-corrected chi connectivity index (χ1v) is 7.99. The molecule has 0 bridgehead atoms.